The van der Waals surface area contributed by atoms with Gasteiger partial charge in [0.25, 0.3) is 0 Å². The van der Waals surface area contributed by atoms with E-state index in [0.717, 1.165) is 42.8 Å². The first-order valence-electron chi connectivity index (χ1n) is 10.6. The number of benzene rings is 2. The first kappa shape index (κ1) is 20.9. The number of nitriles is 1. The summed E-state index contributed by atoms with van der Waals surface area (Å²) in [5, 5.41) is 17.2. The maximum atomic E-state index is 9.22. The molecular formula is C24H29N7. The van der Waals surface area contributed by atoms with E-state index in [0.29, 0.717) is 28.9 Å². The van der Waals surface area contributed by atoms with Crippen molar-refractivity contribution in [3.8, 4) is 6.07 Å². The van der Waals surface area contributed by atoms with Gasteiger partial charge in [0.2, 0.25) is 5.95 Å². The standard InChI is InChI=1S/C24H29N7/c1-24(2,3)15-27-18-8-9-31(14-18)22-20-6-4-5-7-21(20)29-23(30-22)28-19-11-16(13-25)10-17(26)12-19/h4-7,10-12,18,27H,8-9,14-15,26H2,1-3H3,(H,28,29,30). The van der Waals surface area contributed by atoms with Gasteiger partial charge in [-0.05, 0) is 42.2 Å². The second-order valence-electron chi connectivity index (χ2n) is 9.34. The fourth-order valence-corrected chi connectivity index (χ4v) is 3.84. The number of para-hydroxylation sites is 1. The van der Waals surface area contributed by atoms with Crippen molar-refractivity contribution >= 4 is 34.0 Å². The molecule has 2 heterocycles. The molecule has 1 fully saturated rings. The Morgan fingerprint density at radius 1 is 1.19 bits per heavy atom. The molecule has 1 aliphatic rings. The molecule has 7 nitrogen and oxygen atoms in total. The minimum absolute atomic E-state index is 0.256. The van der Waals surface area contributed by atoms with Crippen LogP contribution in [0.5, 0.6) is 0 Å². The summed E-state index contributed by atoms with van der Waals surface area (Å²) in [5.41, 5.74) is 8.79. The Hall–Kier alpha value is -3.37. The van der Waals surface area contributed by atoms with Crippen LogP contribution in [0, 0.1) is 16.7 Å². The number of nitrogens with one attached hydrogen (secondary N) is 2. The molecular weight excluding hydrogens is 386 g/mol. The average molecular weight is 416 g/mol. The third kappa shape index (κ3) is 5.04. The number of rotatable bonds is 5. The Balaban J connectivity index is 1.62. The van der Waals surface area contributed by atoms with Crippen LogP contribution in [0.2, 0.25) is 0 Å². The summed E-state index contributed by atoms with van der Waals surface area (Å²) in [4.78, 5) is 11.9. The summed E-state index contributed by atoms with van der Waals surface area (Å²) in [6.45, 7) is 9.58. The summed E-state index contributed by atoms with van der Waals surface area (Å²) >= 11 is 0. The van der Waals surface area contributed by atoms with Crippen molar-refractivity contribution in [1.82, 2.24) is 15.3 Å². The van der Waals surface area contributed by atoms with Gasteiger partial charge < -0.3 is 21.3 Å². The summed E-state index contributed by atoms with van der Waals surface area (Å²) in [6.07, 6.45) is 1.08. The molecule has 160 valence electrons. The molecule has 2 aromatic carbocycles. The van der Waals surface area contributed by atoms with E-state index in [1.165, 1.54) is 0 Å². The summed E-state index contributed by atoms with van der Waals surface area (Å²) in [6, 6.07) is 15.8. The maximum Gasteiger partial charge on any atom is 0.229 e. The lowest BCUT2D eigenvalue weighted by atomic mass is 9.96. The van der Waals surface area contributed by atoms with Gasteiger partial charge in [-0.3, -0.25) is 0 Å². The number of fused-ring (bicyclic) bond motifs is 1. The summed E-state index contributed by atoms with van der Waals surface area (Å²) in [5.74, 6) is 1.42. The first-order valence-corrected chi connectivity index (χ1v) is 10.6. The number of aromatic nitrogens is 2. The van der Waals surface area contributed by atoms with Crippen molar-refractivity contribution < 1.29 is 0 Å². The van der Waals surface area contributed by atoms with E-state index in [9.17, 15) is 5.26 Å². The van der Waals surface area contributed by atoms with E-state index in [1.807, 2.05) is 18.2 Å². The molecule has 4 rings (SSSR count). The highest BCUT2D eigenvalue weighted by Gasteiger charge is 2.26. The zero-order valence-corrected chi connectivity index (χ0v) is 18.3. The van der Waals surface area contributed by atoms with Gasteiger partial charge in [0.1, 0.15) is 5.82 Å². The quantitative estimate of drug-likeness (QED) is 0.540. The molecule has 1 aliphatic heterocycles. The van der Waals surface area contributed by atoms with Crippen LogP contribution in [0.25, 0.3) is 10.9 Å². The van der Waals surface area contributed by atoms with E-state index in [4.69, 9.17) is 10.7 Å². The van der Waals surface area contributed by atoms with Crippen molar-refractivity contribution in [3.05, 3.63) is 48.0 Å². The lowest BCUT2D eigenvalue weighted by molar-refractivity contribution is 0.357. The summed E-state index contributed by atoms with van der Waals surface area (Å²) in [7, 11) is 0. The van der Waals surface area contributed by atoms with Crippen LogP contribution in [-0.4, -0.2) is 35.6 Å². The third-order valence-electron chi connectivity index (χ3n) is 5.33. The minimum atomic E-state index is 0.256. The Kier molecular flexibility index (Phi) is 5.66. The van der Waals surface area contributed by atoms with Crippen molar-refractivity contribution in [1.29, 1.82) is 5.26 Å². The monoisotopic (exact) mass is 415 g/mol. The van der Waals surface area contributed by atoms with Gasteiger partial charge in [0.05, 0.1) is 17.1 Å². The van der Waals surface area contributed by atoms with Gasteiger partial charge in [0, 0.05) is 42.4 Å². The highest BCUT2D eigenvalue weighted by molar-refractivity contribution is 5.91. The van der Waals surface area contributed by atoms with Gasteiger partial charge in [-0.25, -0.2) is 4.98 Å². The second-order valence-corrected chi connectivity index (χ2v) is 9.34. The van der Waals surface area contributed by atoms with Crippen LogP contribution in [0.3, 0.4) is 0 Å². The molecule has 3 aromatic rings. The molecule has 0 spiro atoms. The molecule has 1 atom stereocenters. The lowest BCUT2D eigenvalue weighted by Gasteiger charge is -2.23. The van der Waals surface area contributed by atoms with Crippen LogP contribution in [0.15, 0.2) is 42.5 Å². The van der Waals surface area contributed by atoms with Crippen molar-refractivity contribution in [2.75, 3.05) is 35.6 Å². The largest absolute Gasteiger partial charge is 0.399 e. The number of hydrogen-bond acceptors (Lipinski definition) is 7. The number of hydrogen-bond donors (Lipinski definition) is 3. The molecule has 0 radical (unpaired) electrons. The third-order valence-corrected chi connectivity index (χ3v) is 5.33. The predicted octanol–water partition coefficient (Wildman–Crippen LogP) is 4.04. The average Bonchev–Trinajstić information content (AvgIpc) is 3.20. The minimum Gasteiger partial charge on any atom is -0.399 e. The molecule has 4 N–H and O–H groups in total. The van der Waals surface area contributed by atoms with E-state index in [-0.39, 0.29) is 5.41 Å². The normalized spacial score (nSPS) is 16.5. The Morgan fingerprint density at radius 2 is 2.00 bits per heavy atom. The van der Waals surface area contributed by atoms with E-state index < -0.39 is 0 Å². The van der Waals surface area contributed by atoms with Gasteiger partial charge in [-0.1, -0.05) is 32.9 Å². The molecule has 31 heavy (non-hydrogen) atoms. The number of nitrogens with zero attached hydrogens (tertiary/aromatic N) is 4. The fraction of sp³-hybridized carbons (Fsp3) is 0.375. The highest BCUT2D eigenvalue weighted by atomic mass is 15.3. The molecule has 1 saturated heterocycles. The zero-order chi connectivity index (χ0) is 22.0. The smallest absolute Gasteiger partial charge is 0.229 e. The zero-order valence-electron chi connectivity index (χ0n) is 18.3. The van der Waals surface area contributed by atoms with Crippen molar-refractivity contribution in [2.24, 2.45) is 5.41 Å². The second kappa shape index (κ2) is 8.40. The van der Waals surface area contributed by atoms with Crippen LogP contribution in [0.4, 0.5) is 23.1 Å². The van der Waals surface area contributed by atoms with Gasteiger partial charge in [-0.15, -0.1) is 0 Å². The van der Waals surface area contributed by atoms with Crippen LogP contribution in [-0.2, 0) is 0 Å². The van der Waals surface area contributed by atoms with Crippen LogP contribution in [0.1, 0.15) is 32.8 Å². The van der Waals surface area contributed by atoms with Gasteiger partial charge >= 0.3 is 0 Å². The van der Waals surface area contributed by atoms with E-state index in [2.05, 4.69) is 53.4 Å². The van der Waals surface area contributed by atoms with Gasteiger partial charge in [0.15, 0.2) is 0 Å². The lowest BCUT2D eigenvalue weighted by Crippen LogP contribution is -2.37. The number of nitrogens with two attached hydrogens (primary N) is 1. The van der Waals surface area contributed by atoms with Crippen LogP contribution >= 0.6 is 0 Å². The molecule has 7 heteroatoms. The predicted molar refractivity (Wildman–Crippen MR) is 126 cm³/mol. The highest BCUT2D eigenvalue weighted by Crippen LogP contribution is 2.29. The topological polar surface area (TPSA) is 103 Å². The fourth-order valence-electron chi connectivity index (χ4n) is 3.84. The van der Waals surface area contributed by atoms with Crippen molar-refractivity contribution in [2.45, 2.75) is 33.2 Å². The molecule has 1 unspecified atom stereocenters. The van der Waals surface area contributed by atoms with Gasteiger partial charge in [-0.2, -0.15) is 10.2 Å². The maximum absolute atomic E-state index is 9.22. The molecule has 0 amide bonds. The number of anilines is 4. The van der Waals surface area contributed by atoms with Crippen molar-refractivity contribution in [3.63, 3.8) is 0 Å². The van der Waals surface area contributed by atoms with E-state index in [1.54, 1.807) is 18.2 Å². The van der Waals surface area contributed by atoms with Crippen LogP contribution < -0.4 is 21.3 Å². The van der Waals surface area contributed by atoms with E-state index >= 15 is 0 Å². The molecule has 1 aromatic heterocycles. The summed E-state index contributed by atoms with van der Waals surface area (Å²) < 4.78 is 0. The number of nitrogen functional groups attached to an aromatic ring is 1. The Morgan fingerprint density at radius 3 is 2.77 bits per heavy atom. The Labute approximate surface area is 183 Å². The Bertz CT molecular complexity index is 1130. The molecule has 0 saturated carbocycles. The molecule has 0 aliphatic carbocycles. The SMILES string of the molecule is CC(C)(C)CNC1CCN(c2nc(Nc3cc(N)cc(C#N)c3)nc3ccccc23)C1. The molecule has 0 bridgehead atoms. The first-order chi connectivity index (χ1) is 14.8.